The third-order valence-electron chi connectivity index (χ3n) is 3.31. The molecule has 5 nitrogen and oxygen atoms in total. The van der Waals surface area contributed by atoms with Crippen molar-refractivity contribution in [2.75, 3.05) is 38.3 Å². The number of aliphatic hydroxyl groups is 1. The molecule has 0 saturated heterocycles. The molecule has 0 amide bonds. The Morgan fingerprint density at radius 1 is 1.50 bits per heavy atom. The molecule has 0 aromatic heterocycles. The van der Waals surface area contributed by atoms with Crippen LogP contribution in [-0.2, 0) is 4.74 Å². The summed E-state index contributed by atoms with van der Waals surface area (Å²) in [6.45, 7) is 5.03. The van der Waals surface area contributed by atoms with E-state index in [0.717, 1.165) is 21.4 Å². The molecule has 118 valence electrons. The third kappa shape index (κ3) is 3.51. The van der Waals surface area contributed by atoms with Gasteiger partial charge in [0.15, 0.2) is 0 Å². The number of anilines is 1. The number of hydrogen-bond donors (Lipinski definition) is 1. The van der Waals surface area contributed by atoms with Crippen molar-refractivity contribution >= 4 is 45.8 Å². The summed E-state index contributed by atoms with van der Waals surface area (Å²) in [7, 11) is 1.55. The Labute approximate surface area is 143 Å². The fourth-order valence-corrected chi connectivity index (χ4v) is 2.89. The predicted molar refractivity (Wildman–Crippen MR) is 94.3 cm³/mol. The molecule has 0 aliphatic carbocycles. The lowest BCUT2D eigenvalue weighted by Gasteiger charge is -2.20. The van der Waals surface area contributed by atoms with Crippen LogP contribution < -0.4 is 4.90 Å². The SMILES string of the molecule is C=NC1=C(/C(=N\CCO)OC)CN(c2cccc(Br)c2Cl)C1. The summed E-state index contributed by atoms with van der Waals surface area (Å²) in [4.78, 5) is 10.4. The smallest absolute Gasteiger partial charge is 0.215 e. The van der Waals surface area contributed by atoms with Crippen molar-refractivity contribution in [2.24, 2.45) is 9.98 Å². The van der Waals surface area contributed by atoms with Crippen LogP contribution >= 0.6 is 27.5 Å². The Morgan fingerprint density at radius 3 is 2.91 bits per heavy atom. The van der Waals surface area contributed by atoms with Crippen molar-refractivity contribution in [3.63, 3.8) is 0 Å². The summed E-state index contributed by atoms with van der Waals surface area (Å²) in [6.07, 6.45) is 0. The highest BCUT2D eigenvalue weighted by Crippen LogP contribution is 2.35. The summed E-state index contributed by atoms with van der Waals surface area (Å²) in [5.74, 6) is 0.477. The minimum atomic E-state index is -0.0296. The Balaban J connectivity index is 2.30. The molecule has 1 aromatic rings. The van der Waals surface area contributed by atoms with Crippen LogP contribution in [0.15, 0.2) is 43.9 Å². The first-order valence-corrected chi connectivity index (χ1v) is 7.86. The molecule has 1 N–H and O–H groups in total. The monoisotopic (exact) mass is 385 g/mol. The molecule has 0 unspecified atom stereocenters. The van der Waals surface area contributed by atoms with Crippen molar-refractivity contribution < 1.29 is 9.84 Å². The minimum absolute atomic E-state index is 0.0296. The largest absolute Gasteiger partial charge is 0.481 e. The van der Waals surface area contributed by atoms with Crippen LogP contribution in [0.3, 0.4) is 0 Å². The van der Waals surface area contributed by atoms with Crippen LogP contribution in [0.5, 0.6) is 0 Å². The van der Waals surface area contributed by atoms with E-state index in [4.69, 9.17) is 21.4 Å². The molecule has 1 heterocycles. The van der Waals surface area contributed by atoms with E-state index < -0.39 is 0 Å². The van der Waals surface area contributed by atoms with Gasteiger partial charge in [0.1, 0.15) is 0 Å². The maximum atomic E-state index is 8.93. The molecule has 0 spiro atoms. The first-order valence-electron chi connectivity index (χ1n) is 6.69. The van der Waals surface area contributed by atoms with Gasteiger partial charge in [0.2, 0.25) is 5.90 Å². The number of rotatable bonds is 5. The molecular formula is C15H17BrClN3O2. The molecule has 2 rings (SSSR count). The molecule has 0 fully saturated rings. The Hall–Kier alpha value is -1.37. The van der Waals surface area contributed by atoms with Gasteiger partial charge >= 0.3 is 0 Å². The number of hydrogen-bond acceptors (Lipinski definition) is 5. The number of aliphatic imine (C=N–C) groups is 2. The Bertz CT molecular complexity index is 631. The predicted octanol–water partition coefficient (Wildman–Crippen LogP) is 2.91. The van der Waals surface area contributed by atoms with E-state index in [1.54, 1.807) is 7.11 Å². The van der Waals surface area contributed by atoms with Gasteiger partial charge in [-0.3, -0.25) is 4.99 Å². The molecular weight excluding hydrogens is 370 g/mol. The number of methoxy groups -OCH3 is 1. The van der Waals surface area contributed by atoms with Gasteiger partial charge < -0.3 is 14.7 Å². The summed E-state index contributed by atoms with van der Waals surface area (Å²) in [5.41, 5.74) is 2.57. The molecule has 0 atom stereocenters. The molecule has 1 aliphatic rings. The van der Waals surface area contributed by atoms with Gasteiger partial charge in [-0.1, -0.05) is 17.7 Å². The lowest BCUT2D eigenvalue weighted by molar-refractivity contribution is 0.304. The number of benzene rings is 1. The summed E-state index contributed by atoms with van der Waals surface area (Å²) in [6, 6.07) is 5.78. The standard InChI is InChI=1S/C15H17BrClN3O2/c1-18-12-9-20(13-5-3-4-11(16)14(13)17)8-10(12)15(22-2)19-6-7-21/h3-5,21H,1,6-9H2,2H3/b19-15+. The zero-order chi connectivity index (χ0) is 16.1. The molecule has 0 bridgehead atoms. The molecule has 0 saturated carbocycles. The topological polar surface area (TPSA) is 57.4 Å². The molecule has 1 aromatic carbocycles. The number of nitrogens with zero attached hydrogens (tertiary/aromatic N) is 3. The van der Waals surface area contributed by atoms with Crippen molar-refractivity contribution in [1.29, 1.82) is 0 Å². The van der Waals surface area contributed by atoms with Crippen LogP contribution in [0.25, 0.3) is 0 Å². The lowest BCUT2D eigenvalue weighted by atomic mass is 10.2. The van der Waals surface area contributed by atoms with Gasteiger partial charge in [-0.15, -0.1) is 0 Å². The fourth-order valence-electron chi connectivity index (χ4n) is 2.29. The van der Waals surface area contributed by atoms with Crippen LogP contribution in [0, 0.1) is 0 Å². The van der Waals surface area contributed by atoms with E-state index in [1.807, 2.05) is 18.2 Å². The first kappa shape index (κ1) is 17.0. The highest BCUT2D eigenvalue weighted by atomic mass is 79.9. The van der Waals surface area contributed by atoms with Gasteiger partial charge in [0.25, 0.3) is 0 Å². The zero-order valence-electron chi connectivity index (χ0n) is 12.2. The number of aliphatic hydroxyl groups excluding tert-OH is 1. The van der Waals surface area contributed by atoms with Gasteiger partial charge in [-0.2, -0.15) is 0 Å². The second kappa shape index (κ2) is 7.76. The Morgan fingerprint density at radius 2 is 2.27 bits per heavy atom. The summed E-state index contributed by atoms with van der Waals surface area (Å²) >= 11 is 9.79. The molecule has 1 aliphatic heterocycles. The van der Waals surface area contributed by atoms with Crippen molar-refractivity contribution in [3.8, 4) is 0 Å². The van der Waals surface area contributed by atoms with Crippen LogP contribution in [-0.4, -0.2) is 51.1 Å². The number of ether oxygens (including phenoxy) is 1. The van der Waals surface area contributed by atoms with Gasteiger partial charge in [0.05, 0.1) is 55.3 Å². The van der Waals surface area contributed by atoms with Gasteiger partial charge in [-0.25, -0.2) is 4.99 Å². The average molecular weight is 387 g/mol. The minimum Gasteiger partial charge on any atom is -0.481 e. The van der Waals surface area contributed by atoms with Crippen molar-refractivity contribution in [2.45, 2.75) is 0 Å². The van der Waals surface area contributed by atoms with E-state index in [1.165, 1.54) is 0 Å². The number of halogens is 2. The lowest BCUT2D eigenvalue weighted by Crippen LogP contribution is -2.22. The second-order valence-corrected chi connectivity index (χ2v) is 5.86. The van der Waals surface area contributed by atoms with E-state index in [9.17, 15) is 0 Å². The van der Waals surface area contributed by atoms with Crippen molar-refractivity contribution in [1.82, 2.24) is 0 Å². The third-order valence-corrected chi connectivity index (χ3v) is 4.59. The molecule has 22 heavy (non-hydrogen) atoms. The van der Waals surface area contributed by atoms with Crippen LogP contribution in [0.2, 0.25) is 5.02 Å². The highest BCUT2D eigenvalue weighted by molar-refractivity contribution is 9.10. The average Bonchev–Trinajstić information content (AvgIpc) is 2.95. The first-order chi connectivity index (χ1) is 10.6. The fraction of sp³-hybridized carbons (Fsp3) is 0.333. The molecule has 7 heteroatoms. The van der Waals surface area contributed by atoms with Gasteiger partial charge in [-0.05, 0) is 34.8 Å². The quantitative estimate of drug-likeness (QED) is 0.625. The maximum Gasteiger partial charge on any atom is 0.215 e. The van der Waals surface area contributed by atoms with Crippen LogP contribution in [0.1, 0.15) is 0 Å². The highest BCUT2D eigenvalue weighted by Gasteiger charge is 2.27. The molecule has 0 radical (unpaired) electrons. The summed E-state index contributed by atoms with van der Waals surface area (Å²) < 4.78 is 6.17. The maximum absolute atomic E-state index is 8.93. The van der Waals surface area contributed by atoms with E-state index >= 15 is 0 Å². The summed E-state index contributed by atoms with van der Waals surface area (Å²) in [5, 5.41) is 9.58. The van der Waals surface area contributed by atoms with E-state index in [-0.39, 0.29) is 13.2 Å². The zero-order valence-corrected chi connectivity index (χ0v) is 14.6. The Kier molecular flexibility index (Phi) is 5.99. The normalized spacial score (nSPS) is 15.5. The van der Waals surface area contributed by atoms with E-state index in [0.29, 0.717) is 24.0 Å². The van der Waals surface area contributed by atoms with Crippen molar-refractivity contribution in [3.05, 3.63) is 39.0 Å². The van der Waals surface area contributed by atoms with Gasteiger partial charge in [0, 0.05) is 4.47 Å². The van der Waals surface area contributed by atoms with E-state index in [2.05, 4.69) is 37.5 Å². The second-order valence-electron chi connectivity index (χ2n) is 4.63. The van der Waals surface area contributed by atoms with Crippen LogP contribution in [0.4, 0.5) is 5.69 Å².